The molecule has 1 aliphatic rings. The Kier molecular flexibility index (Phi) is 6.00. The van der Waals surface area contributed by atoms with Crippen molar-refractivity contribution in [3.05, 3.63) is 45.4 Å². The van der Waals surface area contributed by atoms with Crippen LogP contribution in [0.2, 0.25) is 0 Å². The van der Waals surface area contributed by atoms with E-state index in [1.165, 1.54) is 30.6 Å². The molecule has 0 atom stereocenters. The van der Waals surface area contributed by atoms with Crippen molar-refractivity contribution in [3.63, 3.8) is 0 Å². The smallest absolute Gasteiger partial charge is 0.275 e. The standard InChI is InChI=1S/C19H24N4O2S/c1-12-9-13(18(24)21-14-5-3-2-4-6-14)7-8-15(12)23-19(25)16-11-26-17(10-20)22-16/h7-9,11,14H,2-6,10,20H2,1H3,(H,21,24)(H,23,25). The average molecular weight is 372 g/mol. The van der Waals surface area contributed by atoms with Crippen molar-refractivity contribution in [2.75, 3.05) is 5.32 Å². The molecule has 1 aromatic carbocycles. The van der Waals surface area contributed by atoms with Crippen LogP contribution in [0.15, 0.2) is 23.6 Å². The van der Waals surface area contributed by atoms with Crippen molar-refractivity contribution in [1.29, 1.82) is 0 Å². The molecule has 7 heteroatoms. The minimum absolute atomic E-state index is 0.0510. The minimum Gasteiger partial charge on any atom is -0.349 e. The van der Waals surface area contributed by atoms with Crippen molar-refractivity contribution >= 4 is 28.8 Å². The summed E-state index contributed by atoms with van der Waals surface area (Å²) >= 11 is 1.37. The molecule has 0 spiro atoms. The van der Waals surface area contributed by atoms with E-state index in [1.54, 1.807) is 23.6 Å². The molecule has 0 saturated heterocycles. The maximum atomic E-state index is 12.4. The van der Waals surface area contributed by atoms with E-state index in [0.717, 1.165) is 23.4 Å². The number of aromatic nitrogens is 1. The molecule has 4 N–H and O–H groups in total. The number of amides is 2. The van der Waals surface area contributed by atoms with Gasteiger partial charge in [-0.15, -0.1) is 11.3 Å². The fourth-order valence-corrected chi connectivity index (χ4v) is 3.81. The summed E-state index contributed by atoms with van der Waals surface area (Å²) in [5, 5.41) is 8.37. The number of thiazole rings is 1. The second-order valence-corrected chi connectivity index (χ2v) is 7.57. The predicted octanol–water partition coefficient (Wildman–Crippen LogP) is 3.23. The van der Waals surface area contributed by atoms with Gasteiger partial charge >= 0.3 is 0 Å². The molecular formula is C19H24N4O2S. The van der Waals surface area contributed by atoms with Gasteiger partial charge in [0.2, 0.25) is 0 Å². The molecular weight excluding hydrogens is 348 g/mol. The van der Waals surface area contributed by atoms with Crippen LogP contribution in [-0.2, 0) is 6.54 Å². The third kappa shape index (κ3) is 4.47. The van der Waals surface area contributed by atoms with Gasteiger partial charge in [-0.1, -0.05) is 19.3 Å². The maximum Gasteiger partial charge on any atom is 0.275 e. The molecule has 1 heterocycles. The van der Waals surface area contributed by atoms with E-state index in [1.807, 2.05) is 6.92 Å². The zero-order valence-corrected chi connectivity index (χ0v) is 15.7. The highest BCUT2D eigenvalue weighted by Gasteiger charge is 2.17. The molecule has 26 heavy (non-hydrogen) atoms. The van der Waals surface area contributed by atoms with Crippen LogP contribution in [0.3, 0.4) is 0 Å². The lowest BCUT2D eigenvalue weighted by molar-refractivity contribution is 0.0927. The summed E-state index contributed by atoms with van der Waals surface area (Å²) in [5.41, 5.74) is 8.01. The van der Waals surface area contributed by atoms with Crippen LogP contribution in [0.1, 0.15) is 63.5 Å². The fourth-order valence-electron chi connectivity index (χ4n) is 3.16. The molecule has 0 bridgehead atoms. The summed E-state index contributed by atoms with van der Waals surface area (Å²) in [4.78, 5) is 28.9. The lowest BCUT2D eigenvalue weighted by Gasteiger charge is -2.23. The number of carbonyl (C=O) groups excluding carboxylic acids is 2. The van der Waals surface area contributed by atoms with Gasteiger partial charge in [-0.05, 0) is 43.5 Å². The second-order valence-electron chi connectivity index (χ2n) is 6.62. The van der Waals surface area contributed by atoms with Gasteiger partial charge in [0.05, 0.1) is 0 Å². The van der Waals surface area contributed by atoms with Crippen LogP contribution in [0.5, 0.6) is 0 Å². The lowest BCUT2D eigenvalue weighted by Crippen LogP contribution is -2.36. The van der Waals surface area contributed by atoms with Gasteiger partial charge < -0.3 is 16.4 Å². The molecule has 0 unspecified atom stereocenters. The van der Waals surface area contributed by atoms with Gasteiger partial charge in [0.15, 0.2) is 0 Å². The van der Waals surface area contributed by atoms with Crippen LogP contribution in [0.4, 0.5) is 5.69 Å². The van der Waals surface area contributed by atoms with Crippen molar-refractivity contribution in [1.82, 2.24) is 10.3 Å². The molecule has 0 aliphatic heterocycles. The molecule has 1 fully saturated rings. The van der Waals surface area contributed by atoms with E-state index < -0.39 is 0 Å². The minimum atomic E-state index is -0.275. The van der Waals surface area contributed by atoms with Gasteiger partial charge in [-0.25, -0.2) is 4.98 Å². The molecule has 2 aromatic rings. The number of benzene rings is 1. The topological polar surface area (TPSA) is 97.1 Å². The first-order valence-corrected chi connectivity index (χ1v) is 9.82. The monoisotopic (exact) mass is 372 g/mol. The van der Waals surface area contributed by atoms with E-state index in [9.17, 15) is 9.59 Å². The highest BCUT2D eigenvalue weighted by molar-refractivity contribution is 7.09. The largest absolute Gasteiger partial charge is 0.349 e. The molecule has 1 aromatic heterocycles. The summed E-state index contributed by atoms with van der Waals surface area (Å²) in [5.74, 6) is -0.326. The van der Waals surface area contributed by atoms with E-state index in [-0.39, 0.29) is 17.9 Å². The number of nitrogens with two attached hydrogens (primary N) is 1. The number of rotatable bonds is 5. The summed E-state index contributed by atoms with van der Waals surface area (Å²) in [6.07, 6.45) is 5.72. The van der Waals surface area contributed by atoms with Crippen LogP contribution in [0, 0.1) is 6.92 Å². The zero-order chi connectivity index (χ0) is 18.5. The SMILES string of the molecule is Cc1cc(C(=O)NC2CCCCC2)ccc1NC(=O)c1csc(CN)n1. The van der Waals surface area contributed by atoms with E-state index in [2.05, 4.69) is 15.6 Å². The molecule has 2 amide bonds. The van der Waals surface area contributed by atoms with Gasteiger partial charge in [0.1, 0.15) is 10.7 Å². The Morgan fingerprint density at radius 2 is 2.00 bits per heavy atom. The maximum absolute atomic E-state index is 12.4. The number of nitrogens with zero attached hydrogens (tertiary/aromatic N) is 1. The molecule has 138 valence electrons. The molecule has 3 rings (SSSR count). The fraction of sp³-hybridized carbons (Fsp3) is 0.421. The first-order valence-electron chi connectivity index (χ1n) is 8.94. The van der Waals surface area contributed by atoms with Crippen molar-refractivity contribution in [2.45, 2.75) is 51.6 Å². The lowest BCUT2D eigenvalue weighted by atomic mass is 9.95. The average Bonchev–Trinajstić information content (AvgIpc) is 3.13. The Hall–Kier alpha value is -2.25. The molecule has 1 saturated carbocycles. The van der Waals surface area contributed by atoms with Crippen molar-refractivity contribution in [2.24, 2.45) is 5.73 Å². The number of anilines is 1. The van der Waals surface area contributed by atoms with Gasteiger partial charge in [0.25, 0.3) is 11.8 Å². The van der Waals surface area contributed by atoms with Gasteiger partial charge in [-0.3, -0.25) is 9.59 Å². The van der Waals surface area contributed by atoms with Crippen LogP contribution >= 0.6 is 11.3 Å². The van der Waals surface area contributed by atoms with Crippen LogP contribution in [0.25, 0.3) is 0 Å². The summed E-state index contributed by atoms with van der Waals surface area (Å²) in [7, 11) is 0. The third-order valence-electron chi connectivity index (χ3n) is 4.64. The highest BCUT2D eigenvalue weighted by Crippen LogP contribution is 2.20. The summed E-state index contributed by atoms with van der Waals surface area (Å²) in [6, 6.07) is 5.59. The Morgan fingerprint density at radius 1 is 1.23 bits per heavy atom. The van der Waals surface area contributed by atoms with Gasteiger partial charge in [-0.2, -0.15) is 0 Å². The number of hydrogen-bond donors (Lipinski definition) is 3. The molecule has 1 aliphatic carbocycles. The van der Waals surface area contributed by atoms with Crippen molar-refractivity contribution < 1.29 is 9.59 Å². The summed E-state index contributed by atoms with van der Waals surface area (Å²) < 4.78 is 0. The Bertz CT molecular complexity index is 797. The van der Waals surface area contributed by atoms with E-state index in [4.69, 9.17) is 5.73 Å². The first kappa shape index (κ1) is 18.5. The first-order chi connectivity index (χ1) is 12.6. The highest BCUT2D eigenvalue weighted by atomic mass is 32.1. The Morgan fingerprint density at radius 3 is 2.65 bits per heavy atom. The van der Waals surface area contributed by atoms with E-state index >= 15 is 0 Å². The second kappa shape index (κ2) is 8.42. The quantitative estimate of drug-likeness (QED) is 0.751. The number of aryl methyl sites for hydroxylation is 1. The van der Waals surface area contributed by atoms with Crippen LogP contribution < -0.4 is 16.4 Å². The third-order valence-corrected chi connectivity index (χ3v) is 5.51. The predicted molar refractivity (Wildman–Crippen MR) is 103 cm³/mol. The normalized spacial score (nSPS) is 14.8. The summed E-state index contributed by atoms with van der Waals surface area (Å²) in [6.45, 7) is 2.20. The van der Waals surface area contributed by atoms with Crippen molar-refractivity contribution in [3.8, 4) is 0 Å². The van der Waals surface area contributed by atoms with Gasteiger partial charge in [0, 0.05) is 29.2 Å². The molecule has 6 nitrogen and oxygen atoms in total. The number of hydrogen-bond acceptors (Lipinski definition) is 5. The Balaban J connectivity index is 1.64. The van der Waals surface area contributed by atoms with E-state index in [0.29, 0.717) is 23.5 Å². The zero-order valence-electron chi connectivity index (χ0n) is 14.9. The number of carbonyl (C=O) groups is 2. The Labute approximate surface area is 157 Å². The molecule has 0 radical (unpaired) electrons. The van der Waals surface area contributed by atoms with Crippen LogP contribution in [-0.4, -0.2) is 22.8 Å². The number of nitrogens with one attached hydrogen (secondary N) is 2.